The number of ether oxygens (including phenoxy) is 1. The maximum absolute atomic E-state index is 11.0. The van der Waals surface area contributed by atoms with E-state index in [1.54, 1.807) is 0 Å². The summed E-state index contributed by atoms with van der Waals surface area (Å²) in [7, 11) is 0. The average molecular weight is 310 g/mol. The summed E-state index contributed by atoms with van der Waals surface area (Å²) >= 11 is 0. The van der Waals surface area contributed by atoms with E-state index in [0.29, 0.717) is 0 Å². The molecule has 0 aromatic carbocycles. The van der Waals surface area contributed by atoms with Crippen LogP contribution >= 0.6 is 0 Å². The predicted molar refractivity (Wildman–Crippen MR) is 56.4 cm³/mol. The first kappa shape index (κ1) is 18.3. The number of carbonyl (C=O) groups is 5. The minimum Gasteiger partial charge on any atom is -0.481 e. The third-order valence-corrected chi connectivity index (χ3v) is 2.35. The fourth-order valence-corrected chi connectivity index (χ4v) is 1.22. The van der Waals surface area contributed by atoms with E-state index in [-0.39, 0.29) is 0 Å². The predicted octanol–water partition coefficient (Wildman–Crippen LogP) is -2.71. The lowest BCUT2D eigenvalue weighted by atomic mass is 9.96. The van der Waals surface area contributed by atoms with Crippen molar-refractivity contribution in [2.45, 2.75) is 17.6 Å². The van der Waals surface area contributed by atoms with Crippen molar-refractivity contribution >= 4 is 29.8 Å². The molecule has 0 aliphatic rings. The van der Waals surface area contributed by atoms with Gasteiger partial charge in [0.1, 0.15) is 0 Å². The number of aliphatic carboxylic acids is 5. The molecule has 0 fully saturated rings. The van der Waals surface area contributed by atoms with E-state index in [1.807, 2.05) is 0 Å². The number of hydrogen-bond acceptors (Lipinski definition) is 7. The van der Waals surface area contributed by atoms with E-state index in [0.717, 1.165) is 0 Å². The summed E-state index contributed by atoms with van der Waals surface area (Å²) in [5.74, 6) is -11.7. The summed E-state index contributed by atoms with van der Waals surface area (Å²) in [6, 6.07) is 0. The lowest BCUT2D eigenvalue weighted by Crippen LogP contribution is -2.63. The van der Waals surface area contributed by atoms with Gasteiger partial charge in [0.05, 0.1) is 13.0 Å². The van der Waals surface area contributed by atoms with Crippen LogP contribution in [0.15, 0.2) is 0 Å². The number of rotatable bonds is 9. The van der Waals surface area contributed by atoms with Gasteiger partial charge in [-0.3, -0.25) is 4.79 Å². The Morgan fingerprint density at radius 1 is 0.714 bits per heavy atom. The Morgan fingerprint density at radius 3 is 1.24 bits per heavy atom. The average Bonchev–Trinajstić information content (AvgIpc) is 2.32. The van der Waals surface area contributed by atoms with Gasteiger partial charge in [-0.1, -0.05) is 0 Å². The van der Waals surface area contributed by atoms with E-state index in [1.165, 1.54) is 0 Å². The van der Waals surface area contributed by atoms with Crippen LogP contribution in [0, 0.1) is 0 Å². The fourth-order valence-electron chi connectivity index (χ4n) is 1.22. The molecule has 0 saturated carbocycles. The van der Waals surface area contributed by atoms with Crippen LogP contribution in [-0.2, 0) is 28.7 Å². The first-order chi connectivity index (χ1) is 9.46. The Bertz CT molecular complexity index is 463. The van der Waals surface area contributed by atoms with E-state index in [9.17, 15) is 24.0 Å². The second-order valence-electron chi connectivity index (χ2n) is 3.71. The Hall–Kier alpha value is -2.73. The van der Waals surface area contributed by atoms with Crippen molar-refractivity contribution < 1.29 is 59.3 Å². The fraction of sp³-hybridized carbons (Fsp3) is 0.444. The Balaban J connectivity index is 6.14. The molecule has 0 unspecified atom stereocenters. The third kappa shape index (κ3) is 3.24. The maximum Gasteiger partial charge on any atom is 0.350 e. The van der Waals surface area contributed by atoms with Gasteiger partial charge < -0.3 is 35.4 Å². The largest absolute Gasteiger partial charge is 0.481 e. The van der Waals surface area contributed by atoms with Gasteiger partial charge in [0.15, 0.2) is 0 Å². The van der Waals surface area contributed by atoms with Crippen molar-refractivity contribution in [3.63, 3.8) is 0 Å². The van der Waals surface area contributed by atoms with Crippen molar-refractivity contribution in [1.29, 1.82) is 0 Å². The summed E-state index contributed by atoms with van der Waals surface area (Å²) in [4.78, 5) is 54.4. The van der Waals surface area contributed by atoms with Gasteiger partial charge in [0.25, 0.3) is 11.2 Å². The molecule has 0 spiro atoms. The molecule has 12 nitrogen and oxygen atoms in total. The highest BCUT2D eigenvalue weighted by molar-refractivity contribution is 6.07. The highest BCUT2D eigenvalue weighted by Crippen LogP contribution is 2.26. The van der Waals surface area contributed by atoms with Crippen LogP contribution in [0.1, 0.15) is 6.42 Å². The number of aliphatic hydroxyl groups excluding tert-OH is 1. The molecule has 6 N–H and O–H groups in total. The first-order valence-corrected chi connectivity index (χ1v) is 4.92. The maximum atomic E-state index is 11.0. The first-order valence-electron chi connectivity index (χ1n) is 4.92. The minimum atomic E-state index is -3.72. The van der Waals surface area contributed by atoms with Crippen molar-refractivity contribution in [3.8, 4) is 0 Å². The molecule has 0 bridgehead atoms. The highest BCUT2D eigenvalue weighted by Gasteiger charge is 2.61. The second-order valence-corrected chi connectivity index (χ2v) is 3.71. The summed E-state index contributed by atoms with van der Waals surface area (Å²) in [6.07, 6.45) is -1.78. The molecular formula is C9H10O12. The Labute approximate surface area is 114 Å². The molecule has 21 heavy (non-hydrogen) atoms. The van der Waals surface area contributed by atoms with Crippen molar-refractivity contribution in [2.75, 3.05) is 6.61 Å². The lowest BCUT2D eigenvalue weighted by molar-refractivity contribution is -0.225. The molecule has 0 heterocycles. The summed E-state index contributed by atoms with van der Waals surface area (Å²) in [5, 5.41) is 52.6. The number of carboxylic acid groups (broad SMARTS) is 5. The molecule has 12 heteroatoms. The number of aliphatic hydroxyl groups is 1. The van der Waals surface area contributed by atoms with Gasteiger partial charge in [-0.05, 0) is 0 Å². The van der Waals surface area contributed by atoms with Crippen LogP contribution in [0.4, 0.5) is 0 Å². The zero-order valence-electron chi connectivity index (χ0n) is 10.0. The smallest absolute Gasteiger partial charge is 0.350 e. The van der Waals surface area contributed by atoms with E-state index >= 15 is 0 Å². The molecule has 0 aliphatic heterocycles. The van der Waals surface area contributed by atoms with Crippen LogP contribution in [0.2, 0.25) is 0 Å². The molecule has 0 amide bonds. The summed E-state index contributed by atoms with van der Waals surface area (Å²) in [6.45, 7) is -1.83. The molecule has 0 aromatic heterocycles. The monoisotopic (exact) mass is 310 g/mol. The standard InChI is InChI=1S/C9H10O12/c10-2-9(6(17)18,7(19)20)21-8(4(13)14,5(15)16)1-3(11)12/h10H,1-2H2,(H,11,12)(H,13,14)(H,15,16)(H,17,18)(H,19,20). The SMILES string of the molecule is O=C(O)CC(OC(CO)(C(=O)O)C(=O)O)(C(=O)O)C(=O)O. The molecule has 0 atom stereocenters. The van der Waals surface area contributed by atoms with E-state index < -0.39 is 54.1 Å². The van der Waals surface area contributed by atoms with Gasteiger partial charge in [-0.15, -0.1) is 0 Å². The number of hydrogen-bond donors (Lipinski definition) is 6. The van der Waals surface area contributed by atoms with Gasteiger partial charge in [0.2, 0.25) is 0 Å². The van der Waals surface area contributed by atoms with Crippen LogP contribution < -0.4 is 0 Å². The highest BCUT2D eigenvalue weighted by atomic mass is 16.6. The lowest BCUT2D eigenvalue weighted by Gasteiger charge is -2.32. The van der Waals surface area contributed by atoms with E-state index in [4.69, 9.17) is 30.6 Å². The quantitative estimate of drug-likeness (QED) is 0.239. The minimum absolute atomic E-state index is 1.78. The molecule has 0 aromatic rings. The van der Waals surface area contributed by atoms with Crippen LogP contribution in [0.3, 0.4) is 0 Å². The molecule has 118 valence electrons. The van der Waals surface area contributed by atoms with E-state index in [2.05, 4.69) is 4.74 Å². The summed E-state index contributed by atoms with van der Waals surface area (Å²) < 4.78 is 4.10. The second kappa shape index (κ2) is 6.15. The van der Waals surface area contributed by atoms with Crippen LogP contribution in [0.5, 0.6) is 0 Å². The molecular weight excluding hydrogens is 300 g/mol. The third-order valence-electron chi connectivity index (χ3n) is 2.35. The molecule has 0 saturated heterocycles. The number of carboxylic acids is 5. The van der Waals surface area contributed by atoms with Gasteiger partial charge in [-0.25, -0.2) is 19.2 Å². The zero-order valence-corrected chi connectivity index (χ0v) is 10.0. The Morgan fingerprint density at radius 2 is 1.05 bits per heavy atom. The molecule has 0 rings (SSSR count). The van der Waals surface area contributed by atoms with Crippen molar-refractivity contribution in [2.24, 2.45) is 0 Å². The molecule has 0 radical (unpaired) electrons. The zero-order chi connectivity index (χ0) is 17.0. The van der Waals surface area contributed by atoms with Gasteiger partial charge in [0, 0.05) is 0 Å². The van der Waals surface area contributed by atoms with Crippen LogP contribution in [-0.4, -0.2) is 78.3 Å². The molecule has 0 aliphatic carbocycles. The summed E-state index contributed by atoms with van der Waals surface area (Å²) in [5.41, 5.74) is -7.38. The van der Waals surface area contributed by atoms with Crippen LogP contribution in [0.25, 0.3) is 0 Å². The van der Waals surface area contributed by atoms with Crippen molar-refractivity contribution in [3.05, 3.63) is 0 Å². The Kier molecular flexibility index (Phi) is 5.35. The van der Waals surface area contributed by atoms with Gasteiger partial charge >= 0.3 is 29.8 Å². The van der Waals surface area contributed by atoms with Crippen molar-refractivity contribution in [1.82, 2.24) is 0 Å². The topological polar surface area (TPSA) is 216 Å². The van der Waals surface area contributed by atoms with Gasteiger partial charge in [-0.2, -0.15) is 0 Å². The normalized spacial score (nSPS) is 11.7.